The van der Waals surface area contributed by atoms with Crippen LogP contribution in [0.3, 0.4) is 0 Å². The maximum atomic E-state index is 13.8. The van der Waals surface area contributed by atoms with Crippen LogP contribution in [0, 0.1) is 13.8 Å². The molecule has 142 valence electrons. The second kappa shape index (κ2) is 6.56. The first-order valence-electron chi connectivity index (χ1n) is 8.83. The van der Waals surface area contributed by atoms with Gasteiger partial charge in [0.25, 0.3) is 5.91 Å². The topological polar surface area (TPSA) is 73.6 Å². The molecular weight excluding hydrogens is 356 g/mol. The summed E-state index contributed by atoms with van der Waals surface area (Å²) < 4.78 is 12.5. The predicted octanol–water partition coefficient (Wildman–Crippen LogP) is 4.22. The standard InChI is InChI=1S/C22H20N2O4/c1-12-5-8-18(27-3)21(28-4)19(12)22(26)24-17-7-6-14(25)11-16(17)15-9-10-23-13(2)20(15)24/h5-11,25H,1-4H3. The Morgan fingerprint density at radius 2 is 1.82 bits per heavy atom. The van der Waals surface area contributed by atoms with E-state index in [0.29, 0.717) is 28.1 Å². The molecule has 0 spiro atoms. The number of hydrogen-bond acceptors (Lipinski definition) is 5. The molecule has 1 N–H and O–H groups in total. The van der Waals surface area contributed by atoms with Gasteiger partial charge in [-0.15, -0.1) is 0 Å². The van der Waals surface area contributed by atoms with Gasteiger partial charge in [-0.3, -0.25) is 14.3 Å². The van der Waals surface area contributed by atoms with Crippen LogP contribution in [0.5, 0.6) is 17.2 Å². The second-order valence-corrected chi connectivity index (χ2v) is 6.63. The van der Waals surface area contributed by atoms with Crippen LogP contribution >= 0.6 is 0 Å². The molecule has 0 amide bonds. The van der Waals surface area contributed by atoms with Gasteiger partial charge in [-0.25, -0.2) is 0 Å². The minimum atomic E-state index is -0.241. The number of fused-ring (bicyclic) bond motifs is 3. The van der Waals surface area contributed by atoms with Crippen molar-refractivity contribution in [3.8, 4) is 17.2 Å². The molecule has 4 rings (SSSR count). The molecule has 6 heteroatoms. The van der Waals surface area contributed by atoms with E-state index in [1.807, 2.05) is 26.0 Å². The van der Waals surface area contributed by atoms with Crippen LogP contribution in [0.4, 0.5) is 0 Å². The zero-order valence-corrected chi connectivity index (χ0v) is 16.1. The molecule has 0 saturated carbocycles. The summed E-state index contributed by atoms with van der Waals surface area (Å²) >= 11 is 0. The number of nitrogens with zero attached hydrogens (tertiary/aromatic N) is 2. The zero-order chi connectivity index (χ0) is 20.0. The Morgan fingerprint density at radius 1 is 1.04 bits per heavy atom. The lowest BCUT2D eigenvalue weighted by molar-refractivity contribution is 0.0965. The summed E-state index contributed by atoms with van der Waals surface area (Å²) in [4.78, 5) is 18.1. The van der Waals surface area contributed by atoms with E-state index in [-0.39, 0.29) is 11.7 Å². The van der Waals surface area contributed by atoms with Gasteiger partial charge in [0.15, 0.2) is 11.5 Å². The first-order chi connectivity index (χ1) is 13.5. The average molecular weight is 376 g/mol. The molecule has 0 saturated heterocycles. The Morgan fingerprint density at radius 3 is 2.54 bits per heavy atom. The van der Waals surface area contributed by atoms with E-state index < -0.39 is 0 Å². The van der Waals surface area contributed by atoms with Crippen molar-refractivity contribution >= 4 is 27.7 Å². The van der Waals surface area contributed by atoms with Crippen LogP contribution in [0.15, 0.2) is 42.6 Å². The largest absolute Gasteiger partial charge is 0.508 e. The van der Waals surface area contributed by atoms with Gasteiger partial charge in [-0.05, 0) is 49.7 Å². The van der Waals surface area contributed by atoms with Gasteiger partial charge < -0.3 is 14.6 Å². The molecule has 2 aromatic carbocycles. The number of phenols is 1. The number of aryl methyl sites for hydroxylation is 2. The lowest BCUT2D eigenvalue weighted by Gasteiger charge is -2.16. The summed E-state index contributed by atoms with van der Waals surface area (Å²) in [6, 6.07) is 10.4. The Kier molecular flexibility index (Phi) is 4.19. The number of aromatic nitrogens is 2. The highest BCUT2D eigenvalue weighted by Gasteiger charge is 2.25. The number of carbonyl (C=O) groups is 1. The van der Waals surface area contributed by atoms with E-state index in [2.05, 4.69) is 4.98 Å². The molecule has 0 unspecified atom stereocenters. The second-order valence-electron chi connectivity index (χ2n) is 6.63. The maximum absolute atomic E-state index is 13.8. The van der Waals surface area contributed by atoms with Crippen LogP contribution in [0.2, 0.25) is 0 Å². The highest BCUT2D eigenvalue weighted by atomic mass is 16.5. The summed E-state index contributed by atoms with van der Waals surface area (Å²) in [5.41, 5.74) is 3.33. The molecular formula is C22H20N2O4. The molecule has 0 aliphatic carbocycles. The highest BCUT2D eigenvalue weighted by molar-refractivity contribution is 6.18. The number of pyridine rings is 1. The quantitative estimate of drug-likeness (QED) is 0.580. The third-order valence-electron chi connectivity index (χ3n) is 5.01. The Bertz CT molecular complexity index is 1240. The fourth-order valence-electron chi connectivity index (χ4n) is 3.73. The number of ether oxygens (including phenoxy) is 2. The van der Waals surface area contributed by atoms with Crippen molar-refractivity contribution in [2.24, 2.45) is 0 Å². The van der Waals surface area contributed by atoms with Gasteiger partial charge >= 0.3 is 0 Å². The first kappa shape index (κ1) is 17.9. The van der Waals surface area contributed by atoms with Crippen molar-refractivity contribution in [2.75, 3.05) is 14.2 Å². The number of hydrogen-bond donors (Lipinski definition) is 1. The van der Waals surface area contributed by atoms with Gasteiger partial charge in [0, 0.05) is 17.0 Å². The zero-order valence-electron chi connectivity index (χ0n) is 16.1. The Labute approximate surface area is 161 Å². The molecule has 0 radical (unpaired) electrons. The van der Waals surface area contributed by atoms with Crippen molar-refractivity contribution in [1.82, 2.24) is 9.55 Å². The molecule has 0 fully saturated rings. The van der Waals surface area contributed by atoms with E-state index in [0.717, 1.165) is 22.0 Å². The fraction of sp³-hybridized carbons (Fsp3) is 0.182. The molecule has 2 heterocycles. The molecule has 0 bridgehead atoms. The molecule has 6 nitrogen and oxygen atoms in total. The normalized spacial score (nSPS) is 11.1. The maximum Gasteiger partial charge on any atom is 0.267 e. The average Bonchev–Trinajstić information content (AvgIpc) is 3.02. The van der Waals surface area contributed by atoms with E-state index in [4.69, 9.17) is 9.47 Å². The summed E-state index contributed by atoms with van der Waals surface area (Å²) in [6.07, 6.45) is 1.70. The van der Waals surface area contributed by atoms with Gasteiger partial charge in [0.2, 0.25) is 0 Å². The van der Waals surface area contributed by atoms with Crippen molar-refractivity contribution in [3.05, 3.63) is 59.4 Å². The van der Waals surface area contributed by atoms with E-state index in [1.165, 1.54) is 7.11 Å². The highest BCUT2D eigenvalue weighted by Crippen LogP contribution is 2.37. The molecule has 0 aliphatic heterocycles. The smallest absolute Gasteiger partial charge is 0.267 e. The third-order valence-corrected chi connectivity index (χ3v) is 5.01. The number of rotatable bonds is 3. The van der Waals surface area contributed by atoms with Crippen LogP contribution in [0.25, 0.3) is 21.8 Å². The summed E-state index contributed by atoms with van der Waals surface area (Å²) in [5, 5.41) is 11.6. The summed E-state index contributed by atoms with van der Waals surface area (Å²) in [6.45, 7) is 3.72. The fourth-order valence-corrected chi connectivity index (χ4v) is 3.73. The monoisotopic (exact) mass is 376 g/mol. The van der Waals surface area contributed by atoms with Gasteiger partial charge in [0.05, 0.1) is 36.5 Å². The third kappa shape index (κ3) is 2.49. The number of aromatic hydroxyl groups is 1. The van der Waals surface area contributed by atoms with Crippen LogP contribution in [-0.4, -0.2) is 34.8 Å². The SMILES string of the molecule is COc1ccc(C)c(C(=O)n2c3ccc(O)cc3c3ccnc(C)c32)c1OC. The predicted molar refractivity (Wildman–Crippen MR) is 108 cm³/mol. The number of carbonyl (C=O) groups excluding carboxylic acids is 1. The van der Waals surface area contributed by atoms with Crippen molar-refractivity contribution < 1.29 is 19.4 Å². The van der Waals surface area contributed by atoms with Crippen molar-refractivity contribution in [2.45, 2.75) is 13.8 Å². The van der Waals surface area contributed by atoms with E-state index in [1.54, 1.807) is 42.1 Å². The van der Waals surface area contributed by atoms with Crippen molar-refractivity contribution in [3.63, 3.8) is 0 Å². The van der Waals surface area contributed by atoms with E-state index in [9.17, 15) is 9.90 Å². The molecule has 2 aromatic heterocycles. The Hall–Kier alpha value is -3.54. The summed E-state index contributed by atoms with van der Waals surface area (Å²) in [5.74, 6) is 0.783. The molecule has 0 aliphatic rings. The minimum Gasteiger partial charge on any atom is -0.508 e. The lowest BCUT2D eigenvalue weighted by Crippen LogP contribution is -2.15. The van der Waals surface area contributed by atoms with Crippen molar-refractivity contribution in [1.29, 1.82) is 0 Å². The van der Waals surface area contributed by atoms with E-state index >= 15 is 0 Å². The van der Waals surface area contributed by atoms with Gasteiger partial charge in [-0.1, -0.05) is 6.07 Å². The first-order valence-corrected chi connectivity index (χ1v) is 8.83. The number of phenolic OH excluding ortho intramolecular Hbond substituents is 1. The van der Waals surface area contributed by atoms with Crippen LogP contribution in [-0.2, 0) is 0 Å². The molecule has 28 heavy (non-hydrogen) atoms. The molecule has 4 aromatic rings. The van der Waals surface area contributed by atoms with Crippen LogP contribution in [0.1, 0.15) is 21.6 Å². The number of methoxy groups -OCH3 is 2. The lowest BCUT2D eigenvalue weighted by atomic mass is 10.1. The van der Waals surface area contributed by atoms with Gasteiger partial charge in [-0.2, -0.15) is 0 Å². The Balaban J connectivity index is 2.12. The minimum absolute atomic E-state index is 0.142. The van der Waals surface area contributed by atoms with Gasteiger partial charge in [0.1, 0.15) is 5.75 Å². The van der Waals surface area contributed by atoms with Crippen LogP contribution < -0.4 is 9.47 Å². The molecule has 0 atom stereocenters. The number of benzene rings is 2. The summed E-state index contributed by atoms with van der Waals surface area (Å²) in [7, 11) is 3.06.